The topological polar surface area (TPSA) is 89.9 Å². The summed E-state index contributed by atoms with van der Waals surface area (Å²) in [5.41, 5.74) is 2.07. The lowest BCUT2D eigenvalue weighted by molar-refractivity contribution is -0.140. The molecule has 10 heteroatoms. The van der Waals surface area contributed by atoms with E-state index in [0.717, 1.165) is 0 Å². The van der Waals surface area contributed by atoms with Crippen LogP contribution >= 0.6 is 27.3 Å². The van der Waals surface area contributed by atoms with E-state index in [1.165, 1.54) is 30.6 Å². The number of rotatable bonds is 6. The number of ether oxygens (including phenoxy) is 2. The number of allylic oxidation sites excluding steroid dienone is 1. The maximum absolute atomic E-state index is 13.6. The van der Waals surface area contributed by atoms with Gasteiger partial charge < -0.3 is 14.8 Å². The van der Waals surface area contributed by atoms with Gasteiger partial charge >= 0.3 is 11.9 Å². The van der Waals surface area contributed by atoms with Crippen molar-refractivity contribution in [2.75, 3.05) is 13.7 Å². The van der Waals surface area contributed by atoms with Gasteiger partial charge in [-0.2, -0.15) is 0 Å². The van der Waals surface area contributed by atoms with Gasteiger partial charge in [0.1, 0.15) is 11.9 Å². The van der Waals surface area contributed by atoms with Crippen molar-refractivity contribution in [1.82, 2.24) is 10.3 Å². The van der Waals surface area contributed by atoms with Crippen LogP contribution in [0.25, 0.3) is 0 Å². The van der Waals surface area contributed by atoms with Crippen LogP contribution in [0.1, 0.15) is 36.2 Å². The van der Waals surface area contributed by atoms with Crippen molar-refractivity contribution in [2.45, 2.75) is 26.3 Å². The molecule has 158 valence electrons. The fourth-order valence-corrected chi connectivity index (χ4v) is 4.26. The van der Waals surface area contributed by atoms with Gasteiger partial charge in [-0.1, -0.05) is 22.0 Å². The summed E-state index contributed by atoms with van der Waals surface area (Å²) in [4.78, 5) is 33.3. The first-order chi connectivity index (χ1) is 14.3. The number of thiazole rings is 1. The predicted molar refractivity (Wildman–Crippen MR) is 114 cm³/mol. The summed E-state index contributed by atoms with van der Waals surface area (Å²) in [5.74, 6) is -0.853. The largest absolute Gasteiger partial charge is 0.469 e. The third kappa shape index (κ3) is 4.76. The smallest absolute Gasteiger partial charge is 0.338 e. The fraction of sp³-hybridized carbons (Fsp3) is 0.300. The molecule has 1 unspecified atom stereocenters. The molecule has 7 nitrogen and oxygen atoms in total. The molecule has 0 aliphatic carbocycles. The summed E-state index contributed by atoms with van der Waals surface area (Å²) in [6.45, 7) is 3.68. The molecule has 2 heterocycles. The average Bonchev–Trinajstić information content (AvgIpc) is 3.16. The number of aromatic nitrogens is 1. The lowest BCUT2D eigenvalue weighted by atomic mass is 9.96. The molecule has 0 spiro atoms. The minimum atomic E-state index is -0.719. The van der Waals surface area contributed by atoms with Crippen LogP contribution in [-0.4, -0.2) is 36.5 Å². The van der Waals surface area contributed by atoms with E-state index in [1.54, 1.807) is 25.3 Å². The summed E-state index contributed by atoms with van der Waals surface area (Å²) in [7, 11) is 1.32. The molecule has 1 N–H and O–H groups in total. The first-order valence-corrected chi connectivity index (χ1v) is 10.7. The minimum Gasteiger partial charge on any atom is -0.469 e. The van der Waals surface area contributed by atoms with E-state index >= 15 is 0 Å². The molecule has 0 amide bonds. The number of aliphatic imine (C=N–C) groups is 1. The Hall–Kier alpha value is -2.59. The van der Waals surface area contributed by atoms with Gasteiger partial charge in [-0.05, 0) is 31.5 Å². The van der Waals surface area contributed by atoms with Crippen LogP contribution in [0.15, 0.2) is 44.3 Å². The number of amidine groups is 1. The number of nitrogens with zero attached hydrogens (tertiary/aromatic N) is 2. The van der Waals surface area contributed by atoms with E-state index in [1.807, 2.05) is 0 Å². The van der Waals surface area contributed by atoms with E-state index in [2.05, 4.69) is 36.0 Å². The Kier molecular flexibility index (Phi) is 6.99. The number of hydrogen-bond acceptors (Lipinski definition) is 8. The predicted octanol–water partition coefficient (Wildman–Crippen LogP) is 3.69. The van der Waals surface area contributed by atoms with Crippen LogP contribution in [0, 0.1) is 5.82 Å². The molecule has 3 rings (SSSR count). The molecule has 1 aliphatic rings. The van der Waals surface area contributed by atoms with Gasteiger partial charge in [0.25, 0.3) is 0 Å². The molecule has 0 bridgehead atoms. The monoisotopic (exact) mass is 495 g/mol. The standard InChI is InChI=1S/C20H19BrFN3O4S/c1-4-29-20(27)16-10(2)23-18(19-24-12(9-30-19)8-15(26)28-3)25-17(16)13-6-5-11(22)7-14(13)21/h5-7,9,17H,4,8H2,1-3H3,(H,23,25). The summed E-state index contributed by atoms with van der Waals surface area (Å²) >= 11 is 4.68. The van der Waals surface area contributed by atoms with Gasteiger partial charge in [0.05, 0.1) is 31.4 Å². The summed E-state index contributed by atoms with van der Waals surface area (Å²) in [6.07, 6.45) is 0.0517. The van der Waals surface area contributed by atoms with Crippen LogP contribution in [-0.2, 0) is 25.5 Å². The maximum Gasteiger partial charge on any atom is 0.338 e. The maximum atomic E-state index is 13.6. The number of halogens is 2. The SMILES string of the molecule is CCOC(=O)C1=C(C)NC(c2nc(CC(=O)OC)cs2)=NC1c1ccc(F)cc1Br. The number of nitrogens with one attached hydrogen (secondary N) is 1. The van der Waals surface area contributed by atoms with Crippen LogP contribution in [0.5, 0.6) is 0 Å². The Morgan fingerprint density at radius 2 is 2.13 bits per heavy atom. The molecule has 0 radical (unpaired) electrons. The van der Waals surface area contributed by atoms with Crippen molar-refractivity contribution in [1.29, 1.82) is 0 Å². The van der Waals surface area contributed by atoms with Gasteiger partial charge in [-0.15, -0.1) is 11.3 Å². The van der Waals surface area contributed by atoms with Gasteiger partial charge in [0.2, 0.25) is 0 Å². The zero-order chi connectivity index (χ0) is 21.8. The highest BCUT2D eigenvalue weighted by atomic mass is 79.9. The van der Waals surface area contributed by atoms with E-state index in [0.29, 0.717) is 37.8 Å². The van der Waals surface area contributed by atoms with Gasteiger partial charge in [-0.3, -0.25) is 9.79 Å². The molecule has 0 saturated carbocycles. The third-order valence-corrected chi connectivity index (χ3v) is 5.89. The third-order valence-electron chi connectivity index (χ3n) is 4.30. The Balaban J connectivity index is 2.03. The van der Waals surface area contributed by atoms with Crippen LogP contribution in [0.3, 0.4) is 0 Å². The number of benzene rings is 1. The number of carbonyl (C=O) groups is 2. The van der Waals surface area contributed by atoms with Crippen molar-refractivity contribution >= 4 is 45.0 Å². The highest BCUT2D eigenvalue weighted by Crippen LogP contribution is 2.36. The highest BCUT2D eigenvalue weighted by molar-refractivity contribution is 9.10. The second-order valence-electron chi connectivity index (χ2n) is 6.33. The zero-order valence-corrected chi connectivity index (χ0v) is 18.9. The number of carbonyl (C=O) groups excluding carboxylic acids is 2. The van der Waals surface area contributed by atoms with Crippen molar-refractivity contribution in [3.05, 3.63) is 61.4 Å². The Morgan fingerprint density at radius 1 is 1.37 bits per heavy atom. The molecular weight excluding hydrogens is 477 g/mol. The molecule has 1 atom stereocenters. The Morgan fingerprint density at radius 3 is 2.80 bits per heavy atom. The van der Waals surface area contributed by atoms with Crippen molar-refractivity contribution < 1.29 is 23.5 Å². The zero-order valence-electron chi connectivity index (χ0n) is 16.5. The summed E-state index contributed by atoms with van der Waals surface area (Å²) in [5, 5.41) is 5.41. The molecule has 1 aromatic heterocycles. The van der Waals surface area contributed by atoms with Crippen molar-refractivity contribution in [3.8, 4) is 0 Å². The Labute approximate surface area is 185 Å². The van der Waals surface area contributed by atoms with Gasteiger partial charge in [0.15, 0.2) is 10.8 Å². The van der Waals surface area contributed by atoms with E-state index in [-0.39, 0.29) is 19.0 Å². The molecule has 1 aliphatic heterocycles. The first kappa shape index (κ1) is 22.1. The van der Waals surface area contributed by atoms with Crippen LogP contribution in [0.4, 0.5) is 4.39 Å². The number of hydrogen-bond donors (Lipinski definition) is 1. The molecule has 1 aromatic carbocycles. The number of esters is 2. The highest BCUT2D eigenvalue weighted by Gasteiger charge is 2.32. The molecule has 30 heavy (non-hydrogen) atoms. The summed E-state index contributed by atoms with van der Waals surface area (Å²) < 4.78 is 24.0. The minimum absolute atomic E-state index is 0.0517. The van der Waals surface area contributed by atoms with E-state index in [9.17, 15) is 14.0 Å². The first-order valence-electron chi connectivity index (χ1n) is 9.03. The van der Waals surface area contributed by atoms with Crippen LogP contribution in [0.2, 0.25) is 0 Å². The quantitative estimate of drug-likeness (QED) is 0.614. The van der Waals surface area contributed by atoms with E-state index < -0.39 is 17.8 Å². The molecular formula is C20H19BrFN3O4S. The van der Waals surface area contributed by atoms with Crippen LogP contribution < -0.4 is 5.32 Å². The van der Waals surface area contributed by atoms with Gasteiger partial charge in [-0.25, -0.2) is 14.2 Å². The lowest BCUT2D eigenvalue weighted by Gasteiger charge is -2.26. The second kappa shape index (κ2) is 9.48. The van der Waals surface area contributed by atoms with E-state index in [4.69, 9.17) is 4.74 Å². The lowest BCUT2D eigenvalue weighted by Crippen LogP contribution is -2.33. The number of methoxy groups -OCH3 is 1. The molecule has 0 saturated heterocycles. The second-order valence-corrected chi connectivity index (χ2v) is 8.04. The Bertz CT molecular complexity index is 1050. The molecule has 0 fully saturated rings. The van der Waals surface area contributed by atoms with Gasteiger partial charge in [0, 0.05) is 15.5 Å². The average molecular weight is 496 g/mol. The summed E-state index contributed by atoms with van der Waals surface area (Å²) in [6, 6.07) is 3.49. The normalized spacial score (nSPS) is 16.0. The fourth-order valence-electron chi connectivity index (χ4n) is 2.92. The van der Waals surface area contributed by atoms with Crippen molar-refractivity contribution in [3.63, 3.8) is 0 Å². The van der Waals surface area contributed by atoms with Crippen molar-refractivity contribution in [2.24, 2.45) is 4.99 Å². The molecule has 2 aromatic rings.